The number of aromatic nitrogens is 3. The fourth-order valence-corrected chi connectivity index (χ4v) is 3.90. The fraction of sp³-hybridized carbons (Fsp3) is 0.182. The predicted molar refractivity (Wildman–Crippen MR) is 158 cm³/mol. The molecule has 193 valence electrons. The molecule has 0 aliphatic carbocycles. The highest BCUT2D eigenvalue weighted by molar-refractivity contribution is 6.47. The summed E-state index contributed by atoms with van der Waals surface area (Å²) < 4.78 is 5.98. The minimum atomic E-state index is -1.01. The van der Waals surface area contributed by atoms with Gasteiger partial charge in [-0.25, -0.2) is 15.0 Å². The molecule has 39 heavy (non-hydrogen) atoms. The number of rotatable bonds is 8. The maximum Gasteiger partial charge on any atom is 0.330 e. The van der Waals surface area contributed by atoms with E-state index in [2.05, 4.69) is 24.3 Å². The van der Waals surface area contributed by atoms with Crippen molar-refractivity contribution >= 4 is 12.9 Å². The van der Waals surface area contributed by atoms with Crippen molar-refractivity contribution in [2.75, 3.05) is 0 Å². The number of benzene rings is 4. The summed E-state index contributed by atoms with van der Waals surface area (Å²) in [5.41, 5.74) is 4.04. The molecule has 0 unspecified atom stereocenters. The number of aliphatic hydroxyl groups is 1. The average molecular weight is 512 g/mol. The molecule has 0 aliphatic rings. The lowest BCUT2D eigenvalue weighted by Gasteiger charge is -2.37. The molecule has 1 radical (unpaired) electrons. The van der Waals surface area contributed by atoms with Crippen molar-refractivity contribution in [3.63, 3.8) is 0 Å². The normalized spacial score (nSPS) is 11.8. The standard InChI is InChI=1S/C33H31BN3O2/c1-32(2,38)33(3,4)39-34-28-17-11-16-27(22-28)31-36-29(25-14-9-6-10-15-25)35-30(37-31)26-20-18-24(19-21-26)23-12-7-5-8-13-23/h5-22,38H,1-4H3. The average Bonchev–Trinajstić information content (AvgIpc) is 2.96. The second-order valence-corrected chi connectivity index (χ2v) is 10.5. The summed E-state index contributed by atoms with van der Waals surface area (Å²) in [6.45, 7) is 7.20. The van der Waals surface area contributed by atoms with Crippen molar-refractivity contribution in [1.82, 2.24) is 15.0 Å². The Morgan fingerprint density at radius 2 is 0.974 bits per heavy atom. The van der Waals surface area contributed by atoms with Crippen LogP contribution >= 0.6 is 0 Å². The van der Waals surface area contributed by atoms with E-state index in [0.29, 0.717) is 17.5 Å². The molecule has 0 bridgehead atoms. The minimum Gasteiger partial charge on any atom is -0.427 e. The van der Waals surface area contributed by atoms with E-state index < -0.39 is 11.2 Å². The van der Waals surface area contributed by atoms with Crippen molar-refractivity contribution in [2.45, 2.75) is 38.9 Å². The van der Waals surface area contributed by atoms with Crippen LogP contribution in [0.2, 0.25) is 0 Å². The molecular weight excluding hydrogens is 481 g/mol. The summed E-state index contributed by atoms with van der Waals surface area (Å²) in [5, 5.41) is 10.4. The quantitative estimate of drug-likeness (QED) is 0.246. The third-order valence-electron chi connectivity index (χ3n) is 7.03. The molecule has 1 aromatic heterocycles. The van der Waals surface area contributed by atoms with Gasteiger partial charge in [0.1, 0.15) is 0 Å². The highest BCUT2D eigenvalue weighted by Gasteiger charge is 2.35. The molecule has 0 aliphatic heterocycles. The van der Waals surface area contributed by atoms with Crippen molar-refractivity contribution in [2.24, 2.45) is 0 Å². The van der Waals surface area contributed by atoms with Crippen molar-refractivity contribution in [1.29, 1.82) is 0 Å². The Kier molecular flexibility index (Phi) is 7.42. The summed E-state index contributed by atoms with van der Waals surface area (Å²) >= 11 is 0. The predicted octanol–water partition coefficient (Wildman–Crippen LogP) is 6.35. The second-order valence-electron chi connectivity index (χ2n) is 10.5. The molecule has 0 atom stereocenters. The van der Waals surface area contributed by atoms with Crippen molar-refractivity contribution in [3.8, 4) is 45.3 Å². The molecule has 0 fully saturated rings. The van der Waals surface area contributed by atoms with Gasteiger partial charge in [-0.2, -0.15) is 0 Å². The molecule has 5 aromatic rings. The lowest BCUT2D eigenvalue weighted by Crippen LogP contribution is -2.49. The van der Waals surface area contributed by atoms with Gasteiger partial charge in [0.05, 0.1) is 11.2 Å². The molecule has 1 N–H and O–H groups in total. The Labute approximate surface area is 230 Å². The Bertz CT molecular complexity index is 1550. The van der Waals surface area contributed by atoms with Crippen molar-refractivity contribution in [3.05, 3.63) is 109 Å². The van der Waals surface area contributed by atoms with Gasteiger partial charge >= 0.3 is 7.48 Å². The topological polar surface area (TPSA) is 68.1 Å². The highest BCUT2D eigenvalue weighted by Crippen LogP contribution is 2.27. The number of nitrogens with zero attached hydrogens (tertiary/aromatic N) is 3. The molecule has 0 saturated heterocycles. The first kappa shape index (κ1) is 26.5. The molecule has 4 aromatic carbocycles. The highest BCUT2D eigenvalue weighted by atomic mass is 16.5. The minimum absolute atomic E-state index is 0.572. The van der Waals surface area contributed by atoms with E-state index >= 15 is 0 Å². The van der Waals surface area contributed by atoms with E-state index in [9.17, 15) is 5.11 Å². The summed E-state index contributed by atoms with van der Waals surface area (Å²) in [5.74, 6) is 1.78. The summed E-state index contributed by atoms with van der Waals surface area (Å²) in [6.07, 6.45) is 0. The van der Waals surface area contributed by atoms with Gasteiger partial charge in [-0.1, -0.05) is 115 Å². The molecule has 1 heterocycles. The fourth-order valence-electron chi connectivity index (χ4n) is 3.90. The van der Waals surface area contributed by atoms with Crippen LogP contribution in [0.3, 0.4) is 0 Å². The van der Waals surface area contributed by atoms with Gasteiger partial charge in [0.25, 0.3) is 0 Å². The van der Waals surface area contributed by atoms with E-state index in [0.717, 1.165) is 33.3 Å². The zero-order valence-electron chi connectivity index (χ0n) is 22.7. The molecule has 0 amide bonds. The van der Waals surface area contributed by atoms with Gasteiger partial charge in [0, 0.05) is 16.7 Å². The second kappa shape index (κ2) is 10.9. The molecule has 0 spiro atoms. The smallest absolute Gasteiger partial charge is 0.330 e. The Morgan fingerprint density at radius 3 is 1.54 bits per heavy atom. The first-order valence-corrected chi connectivity index (χ1v) is 13.0. The van der Waals surface area contributed by atoms with E-state index in [1.165, 1.54) is 0 Å². The SMILES string of the molecule is CC(C)(O)C(C)(C)O[B]c1cccc(-c2nc(-c3ccccc3)nc(-c3ccc(-c4ccccc4)cc3)n2)c1. The van der Waals surface area contributed by atoms with Crippen LogP contribution in [0.4, 0.5) is 0 Å². The molecular formula is C33H31BN3O2. The first-order chi connectivity index (χ1) is 18.7. The Balaban J connectivity index is 1.51. The van der Waals surface area contributed by atoms with Crippen LogP contribution in [0.25, 0.3) is 45.3 Å². The molecule has 5 rings (SSSR count). The van der Waals surface area contributed by atoms with E-state index in [4.69, 9.17) is 19.6 Å². The van der Waals surface area contributed by atoms with Gasteiger partial charge in [-0.15, -0.1) is 0 Å². The van der Waals surface area contributed by atoms with E-state index in [1.807, 2.05) is 98.8 Å². The molecule has 0 saturated carbocycles. The van der Waals surface area contributed by atoms with Crippen LogP contribution in [-0.2, 0) is 4.65 Å². The lowest BCUT2D eigenvalue weighted by molar-refractivity contribution is -0.0893. The van der Waals surface area contributed by atoms with Crippen LogP contribution in [0, 0.1) is 0 Å². The van der Waals surface area contributed by atoms with Crippen LogP contribution in [0.15, 0.2) is 109 Å². The lowest BCUT2D eigenvalue weighted by atomic mass is 9.82. The Hall–Kier alpha value is -4.13. The monoisotopic (exact) mass is 512 g/mol. The zero-order chi connectivity index (χ0) is 27.5. The third kappa shape index (κ3) is 6.14. The maximum absolute atomic E-state index is 10.4. The van der Waals surface area contributed by atoms with E-state index in [1.54, 1.807) is 21.3 Å². The van der Waals surface area contributed by atoms with E-state index in [-0.39, 0.29) is 0 Å². The van der Waals surface area contributed by atoms with Gasteiger partial charge in [-0.05, 0) is 38.8 Å². The number of hydrogen-bond acceptors (Lipinski definition) is 5. The van der Waals surface area contributed by atoms with Crippen LogP contribution in [0.1, 0.15) is 27.7 Å². The summed E-state index contributed by atoms with van der Waals surface area (Å²) in [6, 6.07) is 36.3. The summed E-state index contributed by atoms with van der Waals surface area (Å²) in [4.78, 5) is 14.5. The maximum atomic E-state index is 10.4. The number of hydrogen-bond donors (Lipinski definition) is 1. The van der Waals surface area contributed by atoms with Crippen LogP contribution in [-0.4, -0.2) is 38.7 Å². The third-order valence-corrected chi connectivity index (χ3v) is 7.03. The van der Waals surface area contributed by atoms with Crippen LogP contribution < -0.4 is 5.46 Å². The largest absolute Gasteiger partial charge is 0.427 e. The van der Waals surface area contributed by atoms with Gasteiger partial charge in [0.2, 0.25) is 0 Å². The van der Waals surface area contributed by atoms with Gasteiger partial charge < -0.3 is 9.76 Å². The zero-order valence-corrected chi connectivity index (χ0v) is 22.7. The molecule has 6 heteroatoms. The van der Waals surface area contributed by atoms with Crippen molar-refractivity contribution < 1.29 is 9.76 Å². The van der Waals surface area contributed by atoms with Gasteiger partial charge in [-0.3, -0.25) is 0 Å². The molecule has 5 nitrogen and oxygen atoms in total. The van der Waals surface area contributed by atoms with Gasteiger partial charge in [0.15, 0.2) is 17.5 Å². The van der Waals surface area contributed by atoms with Crippen LogP contribution in [0.5, 0.6) is 0 Å². The summed E-state index contributed by atoms with van der Waals surface area (Å²) in [7, 11) is 1.67. The Morgan fingerprint density at radius 1 is 0.538 bits per heavy atom. The first-order valence-electron chi connectivity index (χ1n) is 13.0.